The fourth-order valence-electron chi connectivity index (χ4n) is 3.89. The number of amides is 3. The van der Waals surface area contributed by atoms with Crippen LogP contribution in [0.2, 0.25) is 0 Å². The molecule has 8 heteroatoms. The lowest BCUT2D eigenvalue weighted by Crippen LogP contribution is -2.47. The molecule has 0 saturated heterocycles. The van der Waals surface area contributed by atoms with Crippen LogP contribution in [0.4, 0.5) is 14.9 Å². The van der Waals surface area contributed by atoms with Crippen LogP contribution < -0.4 is 20.1 Å². The van der Waals surface area contributed by atoms with Gasteiger partial charge in [0.05, 0.1) is 25.9 Å². The standard InChI is InChI=1S/C24H30FN3O4/c1-15(2)11-23(29)26-14-20-17-13-22(32-4)21(31-3)12-16(17)9-10-28(20)24(30)27-19-8-6-5-7-18(19)25/h5-8,12-13,15,20H,9-11,14H2,1-4H3,(H,26,29)(H,27,30). The lowest BCUT2D eigenvalue weighted by Gasteiger charge is -2.38. The molecule has 0 saturated carbocycles. The van der Waals surface area contributed by atoms with Gasteiger partial charge in [-0.15, -0.1) is 0 Å². The van der Waals surface area contributed by atoms with E-state index in [-0.39, 0.29) is 24.1 Å². The molecule has 0 radical (unpaired) electrons. The highest BCUT2D eigenvalue weighted by atomic mass is 19.1. The summed E-state index contributed by atoms with van der Waals surface area (Å²) < 4.78 is 25.0. The summed E-state index contributed by atoms with van der Waals surface area (Å²) >= 11 is 0. The lowest BCUT2D eigenvalue weighted by atomic mass is 9.91. The van der Waals surface area contributed by atoms with E-state index in [2.05, 4.69) is 10.6 Å². The molecule has 1 aliphatic heterocycles. The Morgan fingerprint density at radius 3 is 2.50 bits per heavy atom. The maximum absolute atomic E-state index is 14.1. The number of ether oxygens (including phenoxy) is 2. The molecule has 2 aromatic carbocycles. The molecule has 0 aromatic heterocycles. The van der Waals surface area contributed by atoms with Crippen LogP contribution in [0.3, 0.4) is 0 Å². The molecule has 1 unspecified atom stereocenters. The van der Waals surface area contributed by atoms with Crippen molar-refractivity contribution in [2.45, 2.75) is 32.7 Å². The van der Waals surface area contributed by atoms with Gasteiger partial charge in [-0.25, -0.2) is 9.18 Å². The maximum atomic E-state index is 14.1. The number of rotatable bonds is 7. The number of nitrogens with one attached hydrogen (secondary N) is 2. The molecule has 0 fully saturated rings. The Kier molecular flexibility index (Phi) is 7.56. The topological polar surface area (TPSA) is 79.9 Å². The van der Waals surface area contributed by atoms with Gasteiger partial charge in [-0.3, -0.25) is 4.79 Å². The summed E-state index contributed by atoms with van der Waals surface area (Å²) in [5.41, 5.74) is 1.99. The quantitative estimate of drug-likeness (QED) is 0.674. The highest BCUT2D eigenvalue weighted by molar-refractivity contribution is 5.90. The lowest BCUT2D eigenvalue weighted by molar-refractivity contribution is -0.122. The Morgan fingerprint density at radius 1 is 1.16 bits per heavy atom. The summed E-state index contributed by atoms with van der Waals surface area (Å²) in [6, 6.07) is 8.90. The van der Waals surface area contributed by atoms with Gasteiger partial charge in [-0.2, -0.15) is 0 Å². The molecule has 1 aliphatic rings. The maximum Gasteiger partial charge on any atom is 0.322 e. The van der Waals surface area contributed by atoms with Crippen LogP contribution in [0, 0.1) is 11.7 Å². The van der Waals surface area contributed by atoms with E-state index in [4.69, 9.17) is 9.47 Å². The zero-order valence-electron chi connectivity index (χ0n) is 18.9. The molecule has 3 rings (SSSR count). The van der Waals surface area contributed by atoms with E-state index in [1.165, 1.54) is 12.1 Å². The number of methoxy groups -OCH3 is 2. The minimum atomic E-state index is -0.508. The third-order valence-corrected chi connectivity index (χ3v) is 5.47. The van der Waals surface area contributed by atoms with Crippen molar-refractivity contribution in [1.29, 1.82) is 0 Å². The second-order valence-electron chi connectivity index (χ2n) is 8.18. The molecule has 172 valence electrons. The van der Waals surface area contributed by atoms with Gasteiger partial charge >= 0.3 is 6.03 Å². The van der Waals surface area contributed by atoms with Crippen molar-refractivity contribution >= 4 is 17.6 Å². The summed E-state index contributed by atoms with van der Waals surface area (Å²) in [6.45, 7) is 4.59. The van der Waals surface area contributed by atoms with Crippen LogP contribution >= 0.6 is 0 Å². The van der Waals surface area contributed by atoms with Gasteiger partial charge in [0.2, 0.25) is 5.91 Å². The van der Waals surface area contributed by atoms with Crippen LogP contribution in [-0.4, -0.2) is 44.1 Å². The molecule has 7 nitrogen and oxygen atoms in total. The number of carbonyl (C=O) groups excluding carboxylic acids is 2. The third-order valence-electron chi connectivity index (χ3n) is 5.47. The molecule has 1 heterocycles. The Hall–Kier alpha value is -3.29. The van der Waals surface area contributed by atoms with Crippen LogP contribution in [-0.2, 0) is 11.2 Å². The first-order chi connectivity index (χ1) is 15.3. The van der Waals surface area contributed by atoms with Gasteiger partial charge in [0.1, 0.15) is 5.82 Å². The number of urea groups is 1. The number of anilines is 1. The highest BCUT2D eigenvalue weighted by Gasteiger charge is 2.33. The molecule has 0 bridgehead atoms. The first-order valence-corrected chi connectivity index (χ1v) is 10.7. The molecule has 3 amide bonds. The second-order valence-corrected chi connectivity index (χ2v) is 8.18. The van der Waals surface area contributed by atoms with Crippen LogP contribution in [0.15, 0.2) is 36.4 Å². The summed E-state index contributed by atoms with van der Waals surface area (Å²) in [5.74, 6) is 0.784. The Balaban J connectivity index is 1.91. The minimum Gasteiger partial charge on any atom is -0.493 e. The first-order valence-electron chi connectivity index (χ1n) is 10.7. The smallest absolute Gasteiger partial charge is 0.322 e. The third kappa shape index (κ3) is 5.30. The van der Waals surface area contributed by atoms with Crippen molar-refractivity contribution in [3.63, 3.8) is 0 Å². The predicted octanol–water partition coefficient (Wildman–Crippen LogP) is 4.14. The van der Waals surface area contributed by atoms with Crippen molar-refractivity contribution in [3.8, 4) is 11.5 Å². The van der Waals surface area contributed by atoms with Crippen molar-refractivity contribution in [3.05, 3.63) is 53.3 Å². The van der Waals surface area contributed by atoms with Gasteiger partial charge in [0.15, 0.2) is 11.5 Å². The van der Waals surface area contributed by atoms with E-state index >= 15 is 0 Å². The number of fused-ring (bicyclic) bond motifs is 1. The summed E-state index contributed by atoms with van der Waals surface area (Å²) in [5, 5.41) is 5.60. The number of benzene rings is 2. The highest BCUT2D eigenvalue weighted by Crippen LogP contribution is 2.38. The number of hydrogen-bond acceptors (Lipinski definition) is 4. The van der Waals surface area contributed by atoms with E-state index in [0.717, 1.165) is 11.1 Å². The molecular formula is C24H30FN3O4. The predicted molar refractivity (Wildman–Crippen MR) is 121 cm³/mol. The van der Waals surface area contributed by atoms with Crippen LogP contribution in [0.1, 0.15) is 37.4 Å². The van der Waals surface area contributed by atoms with E-state index in [9.17, 15) is 14.0 Å². The van der Waals surface area contributed by atoms with Gasteiger partial charge in [-0.1, -0.05) is 26.0 Å². The summed E-state index contributed by atoms with van der Waals surface area (Å²) in [7, 11) is 3.12. The van der Waals surface area contributed by atoms with E-state index in [0.29, 0.717) is 30.9 Å². The number of halogens is 1. The van der Waals surface area contributed by atoms with Crippen LogP contribution in [0.25, 0.3) is 0 Å². The molecule has 0 aliphatic carbocycles. The van der Waals surface area contributed by atoms with E-state index in [1.807, 2.05) is 26.0 Å². The van der Waals surface area contributed by atoms with Gasteiger partial charge in [0, 0.05) is 19.5 Å². The normalized spacial score (nSPS) is 15.2. The Bertz CT molecular complexity index is 980. The largest absolute Gasteiger partial charge is 0.493 e. The monoisotopic (exact) mass is 443 g/mol. The van der Waals surface area contributed by atoms with Gasteiger partial charge < -0.3 is 25.0 Å². The molecular weight excluding hydrogens is 413 g/mol. The van der Waals surface area contributed by atoms with Crippen LogP contribution in [0.5, 0.6) is 11.5 Å². The summed E-state index contributed by atoms with van der Waals surface area (Å²) in [4.78, 5) is 27.1. The molecule has 2 aromatic rings. The van der Waals surface area contributed by atoms with Gasteiger partial charge in [-0.05, 0) is 47.7 Å². The number of nitrogens with zero attached hydrogens (tertiary/aromatic N) is 1. The van der Waals surface area contributed by atoms with E-state index < -0.39 is 17.9 Å². The Labute approximate surface area is 187 Å². The van der Waals surface area contributed by atoms with Crippen molar-refractivity contribution in [1.82, 2.24) is 10.2 Å². The molecule has 32 heavy (non-hydrogen) atoms. The molecule has 0 spiro atoms. The fraction of sp³-hybridized carbons (Fsp3) is 0.417. The van der Waals surface area contributed by atoms with Crippen molar-refractivity contribution in [2.75, 3.05) is 32.6 Å². The summed E-state index contributed by atoms with van der Waals surface area (Å²) in [6.07, 6.45) is 0.990. The Morgan fingerprint density at radius 2 is 1.84 bits per heavy atom. The average molecular weight is 444 g/mol. The average Bonchev–Trinajstić information content (AvgIpc) is 2.77. The van der Waals surface area contributed by atoms with E-state index in [1.54, 1.807) is 31.3 Å². The zero-order valence-corrected chi connectivity index (χ0v) is 18.9. The minimum absolute atomic E-state index is 0.0814. The number of carbonyl (C=O) groups is 2. The fourth-order valence-corrected chi connectivity index (χ4v) is 3.89. The SMILES string of the molecule is COc1cc2c(cc1OC)C(CNC(=O)CC(C)C)N(C(=O)Nc1ccccc1F)CC2. The van der Waals surface area contributed by atoms with Crippen molar-refractivity contribution < 1.29 is 23.5 Å². The van der Waals surface area contributed by atoms with Gasteiger partial charge in [0.25, 0.3) is 0 Å². The molecule has 1 atom stereocenters. The molecule has 2 N–H and O–H groups in total. The first kappa shape index (κ1) is 23.4. The number of para-hydroxylation sites is 1. The van der Waals surface area contributed by atoms with Crippen molar-refractivity contribution in [2.24, 2.45) is 5.92 Å². The zero-order chi connectivity index (χ0) is 23.3. The number of hydrogen-bond donors (Lipinski definition) is 2. The second kappa shape index (κ2) is 10.3.